The van der Waals surface area contributed by atoms with Crippen LogP contribution >= 0.6 is 15.9 Å². The van der Waals surface area contributed by atoms with Gasteiger partial charge < -0.3 is 19.9 Å². The molecule has 20 heavy (non-hydrogen) atoms. The molecule has 0 heterocycles. The minimum Gasteiger partial charge on any atom is -0.490 e. The van der Waals surface area contributed by atoms with Crippen molar-refractivity contribution >= 4 is 15.9 Å². The van der Waals surface area contributed by atoms with E-state index < -0.39 is 6.10 Å². The van der Waals surface area contributed by atoms with Gasteiger partial charge >= 0.3 is 0 Å². The number of benzene rings is 1. The summed E-state index contributed by atoms with van der Waals surface area (Å²) in [5, 5.41) is 12.9. The van der Waals surface area contributed by atoms with Gasteiger partial charge in [-0.2, -0.15) is 0 Å². The number of aliphatic hydroxyl groups excluding tert-OH is 1. The quantitative estimate of drug-likeness (QED) is 0.675. The second kappa shape index (κ2) is 9.34. The Hall–Kier alpha value is -0.620. The van der Waals surface area contributed by atoms with Crippen LogP contribution in [0.25, 0.3) is 0 Å². The van der Waals surface area contributed by atoms with Crippen LogP contribution in [0.4, 0.5) is 0 Å². The molecule has 0 aliphatic heterocycles. The molecule has 1 rings (SSSR count). The van der Waals surface area contributed by atoms with Crippen molar-refractivity contribution in [1.29, 1.82) is 0 Å². The Morgan fingerprint density at radius 1 is 1.40 bits per heavy atom. The number of methoxy groups -OCH3 is 1. The fourth-order valence-corrected chi connectivity index (χ4v) is 2.45. The molecule has 0 saturated carbocycles. The molecule has 1 unspecified atom stereocenters. The minimum absolute atomic E-state index is 0.323. The molecule has 114 valence electrons. The second-order valence-electron chi connectivity index (χ2n) is 4.75. The summed E-state index contributed by atoms with van der Waals surface area (Å²) in [7, 11) is 1.69. The summed E-state index contributed by atoms with van der Waals surface area (Å²) in [5.41, 5.74) is 2.14. The number of hydrogen-bond acceptors (Lipinski definition) is 4. The van der Waals surface area contributed by atoms with Gasteiger partial charge in [-0.15, -0.1) is 0 Å². The first kappa shape index (κ1) is 17.4. The molecular formula is C15H24BrNO3. The van der Waals surface area contributed by atoms with Crippen LogP contribution in [0.5, 0.6) is 5.75 Å². The van der Waals surface area contributed by atoms with Crippen LogP contribution in [0, 0.1) is 6.92 Å². The van der Waals surface area contributed by atoms with Crippen LogP contribution in [-0.4, -0.2) is 38.1 Å². The average molecular weight is 346 g/mol. The number of rotatable bonds is 9. The summed E-state index contributed by atoms with van der Waals surface area (Å²) in [4.78, 5) is 0. The van der Waals surface area contributed by atoms with E-state index in [9.17, 15) is 5.11 Å². The van der Waals surface area contributed by atoms with Crippen LogP contribution in [0.2, 0.25) is 0 Å². The Balaban J connectivity index is 2.73. The van der Waals surface area contributed by atoms with E-state index in [0.29, 0.717) is 26.2 Å². The van der Waals surface area contributed by atoms with Crippen LogP contribution in [0.1, 0.15) is 24.5 Å². The van der Waals surface area contributed by atoms with Crippen molar-refractivity contribution in [3.63, 3.8) is 0 Å². The third-order valence-electron chi connectivity index (χ3n) is 3.01. The van der Waals surface area contributed by atoms with Gasteiger partial charge in [0.25, 0.3) is 0 Å². The number of aryl methyl sites for hydroxylation is 1. The summed E-state index contributed by atoms with van der Waals surface area (Å²) in [5.74, 6) is 0.852. The zero-order valence-electron chi connectivity index (χ0n) is 12.4. The minimum atomic E-state index is -0.424. The lowest BCUT2D eigenvalue weighted by atomic mass is 10.1. The number of halogens is 1. The first-order chi connectivity index (χ1) is 9.58. The first-order valence-electron chi connectivity index (χ1n) is 6.88. The number of nitrogens with one attached hydrogen (secondary N) is 1. The predicted octanol–water partition coefficient (Wildman–Crippen LogP) is 2.64. The van der Waals surface area contributed by atoms with E-state index in [1.165, 1.54) is 0 Å². The molecule has 0 aromatic heterocycles. The van der Waals surface area contributed by atoms with Crippen LogP contribution in [0.3, 0.4) is 0 Å². The zero-order chi connectivity index (χ0) is 15.0. The highest BCUT2D eigenvalue weighted by Crippen LogP contribution is 2.28. The van der Waals surface area contributed by atoms with E-state index >= 15 is 0 Å². The van der Waals surface area contributed by atoms with Crippen molar-refractivity contribution in [3.05, 3.63) is 27.7 Å². The van der Waals surface area contributed by atoms with E-state index in [2.05, 4.69) is 21.2 Å². The Morgan fingerprint density at radius 3 is 2.80 bits per heavy atom. The molecule has 0 fully saturated rings. The van der Waals surface area contributed by atoms with E-state index in [1.54, 1.807) is 7.11 Å². The highest BCUT2D eigenvalue weighted by Gasteiger charge is 2.11. The molecule has 0 radical (unpaired) electrons. The summed E-state index contributed by atoms with van der Waals surface area (Å²) >= 11 is 3.51. The van der Waals surface area contributed by atoms with Crippen LogP contribution in [-0.2, 0) is 11.3 Å². The molecule has 2 N–H and O–H groups in total. The van der Waals surface area contributed by atoms with Gasteiger partial charge in [0.2, 0.25) is 0 Å². The number of aliphatic hydroxyl groups is 1. The average Bonchev–Trinajstić information content (AvgIpc) is 2.42. The molecule has 1 aromatic carbocycles. The summed E-state index contributed by atoms with van der Waals surface area (Å²) < 4.78 is 11.8. The van der Waals surface area contributed by atoms with Crippen molar-refractivity contribution in [1.82, 2.24) is 5.32 Å². The maximum Gasteiger partial charge on any atom is 0.126 e. The molecule has 5 heteroatoms. The zero-order valence-corrected chi connectivity index (χ0v) is 14.0. The first-order valence-corrected chi connectivity index (χ1v) is 7.67. The fraction of sp³-hybridized carbons (Fsp3) is 0.600. The molecule has 0 bridgehead atoms. The van der Waals surface area contributed by atoms with Gasteiger partial charge in [0.05, 0.1) is 12.7 Å². The van der Waals surface area contributed by atoms with Crippen molar-refractivity contribution in [2.45, 2.75) is 32.9 Å². The Morgan fingerprint density at radius 2 is 2.15 bits per heavy atom. The largest absolute Gasteiger partial charge is 0.490 e. The fourth-order valence-electron chi connectivity index (χ4n) is 1.83. The van der Waals surface area contributed by atoms with Crippen molar-refractivity contribution < 1.29 is 14.6 Å². The van der Waals surface area contributed by atoms with Gasteiger partial charge in [-0.3, -0.25) is 0 Å². The van der Waals surface area contributed by atoms with E-state index in [1.807, 2.05) is 26.0 Å². The van der Waals surface area contributed by atoms with Gasteiger partial charge in [0.1, 0.15) is 12.4 Å². The Bertz CT molecular complexity index is 412. The van der Waals surface area contributed by atoms with Gasteiger partial charge in [0.15, 0.2) is 0 Å². The molecule has 1 atom stereocenters. The summed E-state index contributed by atoms with van der Waals surface area (Å²) in [6.45, 7) is 6.45. The Kier molecular flexibility index (Phi) is 8.14. The molecular weight excluding hydrogens is 322 g/mol. The number of ether oxygens (including phenoxy) is 2. The predicted molar refractivity (Wildman–Crippen MR) is 84.3 cm³/mol. The topological polar surface area (TPSA) is 50.7 Å². The van der Waals surface area contributed by atoms with Gasteiger partial charge in [-0.25, -0.2) is 0 Å². The Labute approximate surface area is 129 Å². The molecule has 4 nitrogen and oxygen atoms in total. The third kappa shape index (κ3) is 5.79. The standard InChI is InChI=1S/C15H24BrNO3/c1-4-14(18)10-20-15-11(2)7-13(16)8-12(15)9-17-5-6-19-3/h7-8,14,17-18H,4-6,9-10H2,1-3H3. The van der Waals surface area contributed by atoms with Crippen LogP contribution < -0.4 is 10.1 Å². The van der Waals surface area contributed by atoms with Crippen molar-refractivity contribution in [2.24, 2.45) is 0 Å². The van der Waals surface area contributed by atoms with Gasteiger partial charge in [-0.1, -0.05) is 22.9 Å². The number of hydrogen-bond donors (Lipinski definition) is 2. The van der Waals surface area contributed by atoms with E-state index in [0.717, 1.165) is 27.9 Å². The summed E-state index contributed by atoms with van der Waals surface area (Å²) in [6, 6.07) is 4.06. The molecule has 0 saturated heterocycles. The lowest BCUT2D eigenvalue weighted by molar-refractivity contribution is 0.103. The smallest absolute Gasteiger partial charge is 0.126 e. The van der Waals surface area contributed by atoms with Crippen LogP contribution in [0.15, 0.2) is 16.6 Å². The maximum atomic E-state index is 9.64. The van der Waals surface area contributed by atoms with Gasteiger partial charge in [0, 0.05) is 30.2 Å². The van der Waals surface area contributed by atoms with E-state index in [-0.39, 0.29) is 0 Å². The van der Waals surface area contributed by atoms with Crippen molar-refractivity contribution in [3.8, 4) is 5.75 Å². The lowest BCUT2D eigenvalue weighted by Gasteiger charge is -2.17. The molecule has 0 spiro atoms. The summed E-state index contributed by atoms with van der Waals surface area (Å²) in [6.07, 6.45) is 0.268. The molecule has 1 aromatic rings. The monoisotopic (exact) mass is 345 g/mol. The third-order valence-corrected chi connectivity index (χ3v) is 3.46. The SMILES string of the molecule is CCC(O)COc1c(C)cc(Br)cc1CNCCOC. The lowest BCUT2D eigenvalue weighted by Crippen LogP contribution is -2.21. The maximum absolute atomic E-state index is 9.64. The molecule has 0 amide bonds. The normalized spacial score (nSPS) is 12.4. The molecule has 0 aliphatic rings. The molecule has 0 aliphatic carbocycles. The highest BCUT2D eigenvalue weighted by molar-refractivity contribution is 9.10. The highest BCUT2D eigenvalue weighted by atomic mass is 79.9. The van der Waals surface area contributed by atoms with Gasteiger partial charge in [-0.05, 0) is 31.0 Å². The second-order valence-corrected chi connectivity index (χ2v) is 5.67. The van der Waals surface area contributed by atoms with Crippen molar-refractivity contribution in [2.75, 3.05) is 26.9 Å². The van der Waals surface area contributed by atoms with E-state index in [4.69, 9.17) is 9.47 Å².